The smallest absolute Gasteiger partial charge is 0.331 e. The second-order valence-electron chi connectivity index (χ2n) is 9.87. The van der Waals surface area contributed by atoms with E-state index in [1.54, 1.807) is 44.5 Å². The van der Waals surface area contributed by atoms with E-state index in [4.69, 9.17) is 18.9 Å². The number of nitrogens with zero attached hydrogens (tertiary/aromatic N) is 2. The zero-order valence-electron chi connectivity index (χ0n) is 20.7. The summed E-state index contributed by atoms with van der Waals surface area (Å²) in [5, 5.41) is 6.13. The molecule has 1 aliphatic carbocycles. The summed E-state index contributed by atoms with van der Waals surface area (Å²) in [7, 11) is 1.55. The number of benzene rings is 2. The quantitative estimate of drug-likeness (QED) is 0.461. The van der Waals surface area contributed by atoms with Gasteiger partial charge in [-0.1, -0.05) is 36.4 Å². The lowest BCUT2D eigenvalue weighted by molar-refractivity contribution is -0.263. The van der Waals surface area contributed by atoms with E-state index in [1.807, 2.05) is 24.3 Å². The predicted octanol–water partition coefficient (Wildman–Crippen LogP) is 3.47. The fourth-order valence-corrected chi connectivity index (χ4v) is 6.41. The highest BCUT2D eigenvalue weighted by Crippen LogP contribution is 2.63. The molecule has 192 valence electrons. The third-order valence-corrected chi connectivity index (χ3v) is 8.01. The van der Waals surface area contributed by atoms with E-state index in [0.29, 0.717) is 29.7 Å². The third kappa shape index (κ3) is 3.29. The summed E-state index contributed by atoms with van der Waals surface area (Å²) in [6.07, 6.45) is 4.14. The van der Waals surface area contributed by atoms with Crippen LogP contribution < -0.4 is 4.74 Å². The van der Waals surface area contributed by atoms with Gasteiger partial charge in [0.15, 0.2) is 6.04 Å². The van der Waals surface area contributed by atoms with E-state index < -0.39 is 47.1 Å². The van der Waals surface area contributed by atoms with Crippen molar-refractivity contribution in [1.29, 1.82) is 0 Å². The first-order valence-electron chi connectivity index (χ1n) is 12.6. The van der Waals surface area contributed by atoms with Crippen LogP contribution in [0.3, 0.4) is 0 Å². The van der Waals surface area contributed by atoms with Crippen molar-refractivity contribution in [2.75, 3.05) is 13.7 Å². The largest absolute Gasteiger partial charge is 0.497 e. The Hall–Kier alpha value is -3.88. The van der Waals surface area contributed by atoms with Gasteiger partial charge in [-0.15, -0.1) is 0 Å². The summed E-state index contributed by atoms with van der Waals surface area (Å²) in [4.78, 5) is 42.2. The van der Waals surface area contributed by atoms with Gasteiger partial charge in [0.1, 0.15) is 11.8 Å². The molecule has 3 aliphatic heterocycles. The highest BCUT2D eigenvalue weighted by Gasteiger charge is 2.76. The van der Waals surface area contributed by atoms with Crippen LogP contribution in [0.5, 0.6) is 5.75 Å². The fourth-order valence-electron chi connectivity index (χ4n) is 6.41. The minimum Gasteiger partial charge on any atom is -0.497 e. The molecule has 2 aromatic rings. The van der Waals surface area contributed by atoms with Crippen LogP contribution in [0, 0.1) is 5.41 Å². The number of hydrazone groups is 1. The van der Waals surface area contributed by atoms with Crippen molar-refractivity contribution in [3.63, 3.8) is 0 Å². The maximum absolute atomic E-state index is 14.3. The second-order valence-corrected chi connectivity index (χ2v) is 9.87. The molecule has 0 unspecified atom stereocenters. The predicted molar refractivity (Wildman–Crippen MR) is 131 cm³/mol. The summed E-state index contributed by atoms with van der Waals surface area (Å²) >= 11 is 0. The number of carbonyl (C=O) groups excluding carboxylic acids is 3. The van der Waals surface area contributed by atoms with Gasteiger partial charge in [-0.3, -0.25) is 14.6 Å². The van der Waals surface area contributed by atoms with Gasteiger partial charge in [0.05, 0.1) is 19.9 Å². The van der Waals surface area contributed by atoms with Crippen LogP contribution in [0.15, 0.2) is 53.6 Å². The van der Waals surface area contributed by atoms with E-state index in [0.717, 1.165) is 18.4 Å². The van der Waals surface area contributed by atoms with Gasteiger partial charge in [-0.25, -0.2) is 4.79 Å². The molecule has 2 spiro atoms. The highest BCUT2D eigenvalue weighted by atomic mass is 16.7. The summed E-state index contributed by atoms with van der Waals surface area (Å²) in [6.45, 7) is 1.85. The molecule has 0 aromatic heterocycles. The molecule has 9 heteroatoms. The van der Waals surface area contributed by atoms with Gasteiger partial charge in [-0.05, 0) is 48.6 Å². The maximum Gasteiger partial charge on any atom is 0.331 e. The number of methoxy groups -OCH3 is 1. The Morgan fingerprint density at radius 1 is 1.05 bits per heavy atom. The molecule has 1 saturated carbocycles. The SMILES string of the molecule is CCOC(=O)[C@@H]1[C@H](c2ccc(OC)cc2)C2(C(=O)OC3(CCCC3)OC2=O)[C@@H]2c3ccccc3C=NN12. The van der Waals surface area contributed by atoms with Gasteiger partial charge < -0.3 is 18.9 Å². The van der Waals surface area contributed by atoms with Crippen molar-refractivity contribution in [2.24, 2.45) is 10.5 Å². The minimum atomic E-state index is -1.88. The molecule has 2 aromatic carbocycles. The average molecular weight is 505 g/mol. The number of ether oxygens (including phenoxy) is 4. The first-order valence-corrected chi connectivity index (χ1v) is 12.6. The Bertz CT molecular complexity index is 1260. The van der Waals surface area contributed by atoms with Crippen LogP contribution in [0.2, 0.25) is 0 Å². The normalized spacial score (nSPS) is 26.4. The monoisotopic (exact) mass is 504 g/mol. The molecule has 4 aliphatic rings. The van der Waals surface area contributed by atoms with Crippen molar-refractivity contribution in [3.8, 4) is 5.75 Å². The summed E-state index contributed by atoms with van der Waals surface area (Å²) in [6, 6.07) is 12.4. The van der Waals surface area contributed by atoms with Crippen LogP contribution in [-0.2, 0) is 28.6 Å². The summed E-state index contributed by atoms with van der Waals surface area (Å²) in [5.74, 6) is -3.61. The molecule has 3 fully saturated rings. The van der Waals surface area contributed by atoms with Crippen molar-refractivity contribution >= 4 is 24.1 Å². The lowest BCUT2D eigenvalue weighted by atomic mass is 9.65. The number of fused-ring (bicyclic) bond motifs is 4. The van der Waals surface area contributed by atoms with Crippen LogP contribution in [0.1, 0.15) is 61.3 Å². The molecule has 37 heavy (non-hydrogen) atoms. The number of rotatable bonds is 4. The Morgan fingerprint density at radius 3 is 2.38 bits per heavy atom. The topological polar surface area (TPSA) is 104 Å². The van der Waals surface area contributed by atoms with Crippen LogP contribution >= 0.6 is 0 Å². The number of esters is 3. The Labute approximate surface area is 214 Å². The van der Waals surface area contributed by atoms with Crippen LogP contribution in [0.25, 0.3) is 0 Å². The number of carbonyl (C=O) groups is 3. The minimum absolute atomic E-state index is 0.133. The lowest BCUT2D eigenvalue weighted by Crippen LogP contribution is -2.59. The Balaban J connectivity index is 1.60. The van der Waals surface area contributed by atoms with Crippen molar-refractivity contribution in [2.45, 2.75) is 56.4 Å². The van der Waals surface area contributed by atoms with Crippen molar-refractivity contribution in [1.82, 2.24) is 5.01 Å². The number of hydrogen-bond acceptors (Lipinski definition) is 9. The molecule has 0 radical (unpaired) electrons. The first kappa shape index (κ1) is 23.5. The van der Waals surface area contributed by atoms with E-state index in [9.17, 15) is 14.4 Å². The Kier molecular flexibility index (Phi) is 5.47. The molecule has 2 saturated heterocycles. The van der Waals surface area contributed by atoms with Crippen LogP contribution in [-0.4, -0.2) is 54.7 Å². The summed E-state index contributed by atoms with van der Waals surface area (Å²) < 4.78 is 22.9. The molecule has 3 atom stereocenters. The molecule has 9 nitrogen and oxygen atoms in total. The molecule has 3 heterocycles. The van der Waals surface area contributed by atoms with Crippen LogP contribution in [0.4, 0.5) is 0 Å². The van der Waals surface area contributed by atoms with E-state index in [-0.39, 0.29) is 6.61 Å². The molecule has 0 bridgehead atoms. The summed E-state index contributed by atoms with van der Waals surface area (Å²) in [5.41, 5.74) is 0.146. The molecule has 0 N–H and O–H groups in total. The molecular formula is C28H28N2O7. The van der Waals surface area contributed by atoms with E-state index in [1.165, 1.54) is 5.01 Å². The van der Waals surface area contributed by atoms with Gasteiger partial charge >= 0.3 is 17.9 Å². The molecular weight excluding hydrogens is 476 g/mol. The van der Waals surface area contributed by atoms with Gasteiger partial charge in [0.2, 0.25) is 5.41 Å². The zero-order valence-corrected chi connectivity index (χ0v) is 20.7. The van der Waals surface area contributed by atoms with Crippen molar-refractivity contribution in [3.05, 3.63) is 65.2 Å². The zero-order chi connectivity index (χ0) is 25.8. The maximum atomic E-state index is 14.3. The first-order chi connectivity index (χ1) is 17.9. The molecule has 6 rings (SSSR count). The standard InChI is InChI=1S/C28H28N2O7/c1-3-35-24(31)22-21(17-10-12-19(34-2)13-11-17)28(23-20-9-5-4-8-18(20)16-29-30(22)23)25(32)36-27(37-26(28)33)14-6-7-15-27/h4-5,8-13,16,21-23H,3,6-7,14-15H2,1-2H3/t21-,22-,23-/m0/s1. The van der Waals surface area contributed by atoms with Gasteiger partial charge in [-0.2, -0.15) is 5.10 Å². The molecule has 0 amide bonds. The lowest BCUT2D eigenvalue weighted by Gasteiger charge is -2.45. The van der Waals surface area contributed by atoms with Crippen molar-refractivity contribution < 1.29 is 33.3 Å². The van der Waals surface area contributed by atoms with E-state index >= 15 is 0 Å². The highest BCUT2D eigenvalue weighted by molar-refractivity contribution is 6.06. The van der Waals surface area contributed by atoms with Gasteiger partial charge in [0.25, 0.3) is 5.79 Å². The third-order valence-electron chi connectivity index (χ3n) is 8.01. The second kappa shape index (κ2) is 8.61. The number of hydrogen-bond donors (Lipinski definition) is 0. The fraction of sp³-hybridized carbons (Fsp3) is 0.429. The Morgan fingerprint density at radius 2 is 1.73 bits per heavy atom. The van der Waals surface area contributed by atoms with E-state index in [2.05, 4.69) is 5.10 Å². The van der Waals surface area contributed by atoms with Gasteiger partial charge in [0, 0.05) is 18.8 Å². The average Bonchev–Trinajstić information content (AvgIpc) is 3.48.